The molecule has 0 aliphatic carbocycles. The molecule has 118 valence electrons. The van der Waals surface area contributed by atoms with E-state index in [2.05, 4.69) is 25.1 Å². The van der Waals surface area contributed by atoms with Gasteiger partial charge in [0.15, 0.2) is 0 Å². The van der Waals surface area contributed by atoms with Crippen LogP contribution in [0.5, 0.6) is 11.5 Å². The molecule has 0 heterocycles. The molecule has 0 aromatic heterocycles. The zero-order valence-corrected chi connectivity index (χ0v) is 13.6. The van der Waals surface area contributed by atoms with Crippen LogP contribution in [0.1, 0.15) is 25.0 Å². The zero-order chi connectivity index (χ0) is 16.0. The van der Waals surface area contributed by atoms with Crippen LogP contribution in [0.4, 0.5) is 0 Å². The van der Waals surface area contributed by atoms with Gasteiger partial charge in [-0.25, -0.2) is 0 Å². The second-order valence-electron chi connectivity index (χ2n) is 5.71. The number of hydrogen-bond acceptors (Lipinski definition) is 3. The highest BCUT2D eigenvalue weighted by molar-refractivity contribution is 5.39. The second-order valence-corrected chi connectivity index (χ2v) is 5.71. The minimum Gasteiger partial charge on any atom is -0.497 e. The van der Waals surface area contributed by atoms with Crippen LogP contribution >= 0.6 is 0 Å². The van der Waals surface area contributed by atoms with Gasteiger partial charge >= 0.3 is 0 Å². The van der Waals surface area contributed by atoms with Crippen molar-refractivity contribution in [3.63, 3.8) is 0 Å². The van der Waals surface area contributed by atoms with Gasteiger partial charge in [0.1, 0.15) is 11.5 Å². The Morgan fingerprint density at radius 3 is 2.55 bits per heavy atom. The molecule has 22 heavy (non-hydrogen) atoms. The molecule has 2 N–H and O–H groups in total. The van der Waals surface area contributed by atoms with Crippen molar-refractivity contribution < 1.29 is 9.47 Å². The summed E-state index contributed by atoms with van der Waals surface area (Å²) in [5.41, 5.74) is 8.32. The van der Waals surface area contributed by atoms with Crippen LogP contribution in [0.25, 0.3) is 0 Å². The Hall–Kier alpha value is -2.00. The number of ether oxygens (including phenoxy) is 2. The van der Waals surface area contributed by atoms with Gasteiger partial charge in [0, 0.05) is 12.0 Å². The van der Waals surface area contributed by atoms with Crippen molar-refractivity contribution in [2.45, 2.75) is 25.7 Å². The molecule has 0 aliphatic heterocycles. The summed E-state index contributed by atoms with van der Waals surface area (Å²) in [7, 11) is 1.68. The van der Waals surface area contributed by atoms with E-state index in [9.17, 15) is 0 Å². The molecule has 1 atom stereocenters. The van der Waals surface area contributed by atoms with E-state index >= 15 is 0 Å². The summed E-state index contributed by atoms with van der Waals surface area (Å²) in [6.45, 7) is 5.40. The first-order valence-electron chi connectivity index (χ1n) is 7.68. The Morgan fingerprint density at radius 1 is 1.09 bits per heavy atom. The highest BCUT2D eigenvalue weighted by atomic mass is 16.5. The summed E-state index contributed by atoms with van der Waals surface area (Å²) >= 11 is 0. The maximum absolute atomic E-state index is 6.12. The molecule has 2 rings (SSSR count). The Bertz CT molecular complexity index is 612. The van der Waals surface area contributed by atoms with Crippen LogP contribution in [0.3, 0.4) is 0 Å². The first-order valence-corrected chi connectivity index (χ1v) is 7.68. The number of rotatable bonds is 7. The number of hydrogen-bond donors (Lipinski definition) is 1. The highest BCUT2D eigenvalue weighted by Crippen LogP contribution is 2.32. The van der Waals surface area contributed by atoms with E-state index in [0.717, 1.165) is 17.9 Å². The van der Waals surface area contributed by atoms with Crippen molar-refractivity contribution in [3.8, 4) is 11.5 Å². The van der Waals surface area contributed by atoms with E-state index in [0.29, 0.717) is 13.2 Å². The largest absolute Gasteiger partial charge is 0.497 e. The molecule has 3 heteroatoms. The summed E-state index contributed by atoms with van der Waals surface area (Å²) in [6.07, 6.45) is 0.826. The maximum atomic E-state index is 6.12. The van der Waals surface area contributed by atoms with E-state index in [4.69, 9.17) is 15.2 Å². The highest BCUT2D eigenvalue weighted by Gasteiger charge is 2.27. The molecule has 0 fully saturated rings. The summed E-state index contributed by atoms with van der Waals surface area (Å²) in [4.78, 5) is 0. The van der Waals surface area contributed by atoms with Crippen LogP contribution in [0.15, 0.2) is 48.5 Å². The normalized spacial score (nSPS) is 13.5. The zero-order valence-electron chi connectivity index (χ0n) is 13.6. The van der Waals surface area contributed by atoms with Crippen molar-refractivity contribution in [3.05, 3.63) is 59.7 Å². The van der Waals surface area contributed by atoms with Gasteiger partial charge in [-0.15, -0.1) is 0 Å². The molecule has 2 aromatic rings. The van der Waals surface area contributed by atoms with Gasteiger partial charge in [-0.2, -0.15) is 0 Å². The van der Waals surface area contributed by atoms with Gasteiger partial charge in [0.2, 0.25) is 0 Å². The predicted octanol–water partition coefficient (Wildman–Crippen LogP) is 3.55. The van der Waals surface area contributed by atoms with Crippen LogP contribution in [-0.2, 0) is 11.8 Å². The summed E-state index contributed by atoms with van der Waals surface area (Å²) in [5.74, 6) is 1.79. The van der Waals surface area contributed by atoms with Crippen molar-refractivity contribution in [1.82, 2.24) is 0 Å². The fourth-order valence-corrected chi connectivity index (χ4v) is 2.66. The molecule has 0 saturated heterocycles. The van der Waals surface area contributed by atoms with Gasteiger partial charge in [-0.05, 0) is 42.7 Å². The van der Waals surface area contributed by atoms with E-state index in [-0.39, 0.29) is 5.41 Å². The van der Waals surface area contributed by atoms with E-state index in [1.54, 1.807) is 7.11 Å². The summed E-state index contributed by atoms with van der Waals surface area (Å²) in [6, 6.07) is 16.3. The minimum absolute atomic E-state index is 0.165. The molecular weight excluding hydrogens is 274 g/mol. The van der Waals surface area contributed by atoms with E-state index in [1.807, 2.05) is 37.3 Å². The van der Waals surface area contributed by atoms with Crippen LogP contribution in [0.2, 0.25) is 0 Å². The van der Waals surface area contributed by atoms with Gasteiger partial charge < -0.3 is 15.2 Å². The fourth-order valence-electron chi connectivity index (χ4n) is 2.66. The lowest BCUT2D eigenvalue weighted by atomic mass is 9.77. The number of nitrogens with two attached hydrogens (primary N) is 1. The molecule has 0 aliphatic rings. The quantitative estimate of drug-likeness (QED) is 0.850. The standard InChI is InChI=1S/C19H25NO2/c1-4-22-18-11-6-5-8-15(18)13-19(2,14-20)16-9-7-10-17(12-16)21-3/h5-12H,4,13-14,20H2,1-3H3. The molecule has 1 unspecified atom stereocenters. The Labute approximate surface area is 133 Å². The topological polar surface area (TPSA) is 44.5 Å². The Morgan fingerprint density at radius 2 is 1.86 bits per heavy atom. The minimum atomic E-state index is -0.165. The molecule has 0 bridgehead atoms. The average Bonchev–Trinajstić information content (AvgIpc) is 2.57. The first-order chi connectivity index (χ1) is 10.6. The number of benzene rings is 2. The fraction of sp³-hybridized carbons (Fsp3) is 0.368. The molecule has 2 aromatic carbocycles. The smallest absolute Gasteiger partial charge is 0.122 e. The number of para-hydroxylation sites is 1. The van der Waals surface area contributed by atoms with Gasteiger partial charge in [-0.1, -0.05) is 37.3 Å². The molecular formula is C19H25NO2. The SMILES string of the molecule is CCOc1ccccc1CC(C)(CN)c1cccc(OC)c1. The average molecular weight is 299 g/mol. The monoisotopic (exact) mass is 299 g/mol. The number of methoxy groups -OCH3 is 1. The van der Waals surface area contributed by atoms with E-state index in [1.165, 1.54) is 11.1 Å². The maximum Gasteiger partial charge on any atom is 0.122 e. The lowest BCUT2D eigenvalue weighted by molar-refractivity contribution is 0.332. The molecule has 0 amide bonds. The van der Waals surface area contributed by atoms with Crippen molar-refractivity contribution in [2.75, 3.05) is 20.3 Å². The van der Waals surface area contributed by atoms with E-state index < -0.39 is 0 Å². The summed E-state index contributed by atoms with van der Waals surface area (Å²) < 4.78 is 11.1. The second kappa shape index (κ2) is 7.32. The third kappa shape index (κ3) is 3.60. The third-order valence-corrected chi connectivity index (χ3v) is 4.07. The molecule has 3 nitrogen and oxygen atoms in total. The predicted molar refractivity (Wildman–Crippen MR) is 90.7 cm³/mol. The lowest BCUT2D eigenvalue weighted by Gasteiger charge is -2.30. The molecule has 0 radical (unpaired) electrons. The van der Waals surface area contributed by atoms with Gasteiger partial charge in [0.05, 0.1) is 13.7 Å². The lowest BCUT2D eigenvalue weighted by Crippen LogP contribution is -2.34. The van der Waals surface area contributed by atoms with Crippen LogP contribution in [-0.4, -0.2) is 20.3 Å². The van der Waals surface area contributed by atoms with Gasteiger partial charge in [-0.3, -0.25) is 0 Å². The third-order valence-electron chi connectivity index (χ3n) is 4.07. The summed E-state index contributed by atoms with van der Waals surface area (Å²) in [5, 5.41) is 0. The van der Waals surface area contributed by atoms with Crippen molar-refractivity contribution >= 4 is 0 Å². The van der Waals surface area contributed by atoms with Gasteiger partial charge in [0.25, 0.3) is 0 Å². The molecule has 0 spiro atoms. The first kappa shape index (κ1) is 16.4. The Kier molecular flexibility index (Phi) is 5.45. The van der Waals surface area contributed by atoms with Crippen LogP contribution in [0, 0.1) is 0 Å². The molecule has 0 saturated carbocycles. The van der Waals surface area contributed by atoms with Crippen LogP contribution < -0.4 is 15.2 Å². The Balaban J connectivity index is 2.34. The van der Waals surface area contributed by atoms with Crippen molar-refractivity contribution in [1.29, 1.82) is 0 Å². The van der Waals surface area contributed by atoms with Crippen molar-refractivity contribution in [2.24, 2.45) is 5.73 Å².